The highest BCUT2D eigenvalue weighted by Gasteiger charge is 2.26. The largest absolute Gasteiger partial charge is 0.365 e. The molecule has 0 fully saturated rings. The maximum absolute atomic E-state index is 12.7. The van der Waals surface area contributed by atoms with Crippen molar-refractivity contribution in [2.75, 3.05) is 29.1 Å². The number of nitrogens with one attached hydrogen (secondary N) is 1. The molecule has 7 heteroatoms. The van der Waals surface area contributed by atoms with Gasteiger partial charge in [-0.25, -0.2) is 0 Å². The number of carbonyl (C=O) groups is 2. The Balaban J connectivity index is 1.53. The number of amides is 2. The molecule has 0 unspecified atom stereocenters. The molecule has 136 valence electrons. The van der Waals surface area contributed by atoms with E-state index in [4.69, 9.17) is 5.73 Å². The molecule has 1 aromatic heterocycles. The van der Waals surface area contributed by atoms with Gasteiger partial charge in [0, 0.05) is 16.3 Å². The van der Waals surface area contributed by atoms with Crippen LogP contribution >= 0.6 is 23.1 Å². The summed E-state index contributed by atoms with van der Waals surface area (Å²) in [5, 5.41) is 3.57. The first-order valence-corrected chi connectivity index (χ1v) is 10.6. The Morgan fingerprint density at radius 2 is 2.04 bits per heavy atom. The number of anilines is 2. The van der Waals surface area contributed by atoms with Gasteiger partial charge >= 0.3 is 0 Å². The van der Waals surface area contributed by atoms with Crippen LogP contribution in [-0.2, 0) is 17.6 Å². The van der Waals surface area contributed by atoms with Crippen LogP contribution in [0.1, 0.15) is 33.6 Å². The summed E-state index contributed by atoms with van der Waals surface area (Å²) in [6.45, 7) is 1.12. The zero-order chi connectivity index (χ0) is 18.1. The van der Waals surface area contributed by atoms with E-state index in [0.29, 0.717) is 10.6 Å². The van der Waals surface area contributed by atoms with Crippen LogP contribution in [0, 0.1) is 0 Å². The Bertz CT molecular complexity index is 862. The summed E-state index contributed by atoms with van der Waals surface area (Å²) in [4.78, 5) is 29.1. The zero-order valence-corrected chi connectivity index (χ0v) is 16.0. The number of primary amides is 1. The topological polar surface area (TPSA) is 75.4 Å². The number of nitrogens with two attached hydrogens (primary N) is 1. The van der Waals surface area contributed by atoms with Crippen molar-refractivity contribution in [1.29, 1.82) is 0 Å². The molecule has 0 saturated heterocycles. The smallest absolute Gasteiger partial charge is 0.251 e. The lowest BCUT2D eigenvalue weighted by atomic mass is 10.1. The van der Waals surface area contributed by atoms with E-state index in [1.54, 1.807) is 0 Å². The van der Waals surface area contributed by atoms with Crippen LogP contribution in [-0.4, -0.2) is 30.7 Å². The molecule has 0 atom stereocenters. The number of thioether (sulfide) groups is 1. The molecule has 0 saturated carbocycles. The monoisotopic (exact) mass is 387 g/mol. The number of benzene rings is 1. The summed E-state index contributed by atoms with van der Waals surface area (Å²) in [6, 6.07) is 8.20. The van der Waals surface area contributed by atoms with Gasteiger partial charge in [-0.3, -0.25) is 9.59 Å². The third-order valence-electron chi connectivity index (χ3n) is 4.79. The van der Waals surface area contributed by atoms with E-state index in [9.17, 15) is 9.59 Å². The summed E-state index contributed by atoms with van der Waals surface area (Å²) in [7, 11) is 0. The molecular weight excluding hydrogens is 366 g/mol. The van der Waals surface area contributed by atoms with Crippen LogP contribution in [0.5, 0.6) is 0 Å². The Morgan fingerprint density at radius 3 is 2.88 bits per heavy atom. The Kier molecular flexibility index (Phi) is 4.91. The first-order valence-electron chi connectivity index (χ1n) is 8.84. The minimum atomic E-state index is -0.448. The number of rotatable bonds is 4. The van der Waals surface area contributed by atoms with Crippen LogP contribution < -0.4 is 16.0 Å². The number of hydrogen-bond acceptors (Lipinski definition) is 5. The van der Waals surface area contributed by atoms with Gasteiger partial charge in [0.15, 0.2) is 0 Å². The average molecular weight is 388 g/mol. The minimum absolute atomic E-state index is 0.103. The maximum Gasteiger partial charge on any atom is 0.251 e. The number of thiophene rings is 1. The average Bonchev–Trinajstić information content (AvgIpc) is 3.11. The fourth-order valence-electron chi connectivity index (χ4n) is 3.66. The molecule has 0 bridgehead atoms. The predicted octanol–water partition coefficient (Wildman–Crippen LogP) is 3.28. The summed E-state index contributed by atoms with van der Waals surface area (Å²) < 4.78 is 0. The molecule has 0 radical (unpaired) electrons. The van der Waals surface area contributed by atoms with Crippen LogP contribution in [0.15, 0.2) is 29.2 Å². The first kappa shape index (κ1) is 17.4. The second-order valence-electron chi connectivity index (χ2n) is 6.57. The van der Waals surface area contributed by atoms with Crippen molar-refractivity contribution in [3.63, 3.8) is 0 Å². The summed E-state index contributed by atoms with van der Waals surface area (Å²) in [5.74, 6) is 0.504. The summed E-state index contributed by atoms with van der Waals surface area (Å²) >= 11 is 3.34. The summed E-state index contributed by atoms with van der Waals surface area (Å²) in [6.07, 6.45) is 3.92. The van der Waals surface area contributed by atoms with Crippen molar-refractivity contribution in [3.05, 3.63) is 40.3 Å². The molecular formula is C19H21N3O2S2. The van der Waals surface area contributed by atoms with Gasteiger partial charge < -0.3 is 16.0 Å². The molecule has 1 aliphatic carbocycles. The molecule has 26 heavy (non-hydrogen) atoms. The molecule has 1 aliphatic heterocycles. The second-order valence-corrected chi connectivity index (χ2v) is 8.81. The lowest BCUT2D eigenvalue weighted by Gasteiger charge is -2.23. The minimum Gasteiger partial charge on any atom is -0.365 e. The fourth-order valence-corrected chi connectivity index (χ4v) is 5.98. The Hall–Kier alpha value is -1.99. The van der Waals surface area contributed by atoms with E-state index in [-0.39, 0.29) is 12.5 Å². The molecule has 5 nitrogen and oxygen atoms in total. The normalized spacial score (nSPS) is 15.9. The number of para-hydroxylation sites is 1. The SMILES string of the molecule is NC(=O)c1c(NC(=O)CN2CCCSc3ccccc32)sc2c1CCC2. The van der Waals surface area contributed by atoms with E-state index >= 15 is 0 Å². The van der Waals surface area contributed by atoms with Crippen LogP contribution in [0.25, 0.3) is 0 Å². The maximum atomic E-state index is 12.7. The van der Waals surface area contributed by atoms with Crippen molar-refractivity contribution in [1.82, 2.24) is 0 Å². The first-order chi connectivity index (χ1) is 12.6. The number of hydrogen-bond donors (Lipinski definition) is 2. The number of fused-ring (bicyclic) bond motifs is 2. The highest BCUT2D eigenvalue weighted by Crippen LogP contribution is 2.39. The molecule has 1 aromatic carbocycles. The predicted molar refractivity (Wildman–Crippen MR) is 107 cm³/mol. The highest BCUT2D eigenvalue weighted by molar-refractivity contribution is 7.99. The molecule has 3 N–H and O–H groups in total. The molecule has 4 rings (SSSR count). The Morgan fingerprint density at radius 1 is 1.19 bits per heavy atom. The van der Waals surface area contributed by atoms with Crippen molar-refractivity contribution < 1.29 is 9.59 Å². The number of aryl methyl sites for hydroxylation is 1. The highest BCUT2D eigenvalue weighted by atomic mass is 32.2. The van der Waals surface area contributed by atoms with E-state index in [2.05, 4.69) is 22.3 Å². The van der Waals surface area contributed by atoms with Crippen molar-refractivity contribution in [2.24, 2.45) is 5.73 Å². The van der Waals surface area contributed by atoms with Gasteiger partial charge in [-0.05, 0) is 49.1 Å². The van der Waals surface area contributed by atoms with Gasteiger partial charge in [-0.15, -0.1) is 23.1 Å². The Labute approximate surface area is 160 Å². The van der Waals surface area contributed by atoms with E-state index in [0.717, 1.165) is 49.2 Å². The fraction of sp³-hybridized carbons (Fsp3) is 0.368. The quantitative estimate of drug-likeness (QED) is 0.844. The van der Waals surface area contributed by atoms with Gasteiger partial charge in [-0.1, -0.05) is 12.1 Å². The molecule has 2 amide bonds. The third-order valence-corrected chi connectivity index (χ3v) is 7.15. The van der Waals surface area contributed by atoms with Crippen molar-refractivity contribution >= 4 is 45.6 Å². The second kappa shape index (κ2) is 7.32. The number of nitrogens with zero attached hydrogens (tertiary/aromatic N) is 1. The van der Waals surface area contributed by atoms with Crippen LogP contribution in [0.4, 0.5) is 10.7 Å². The van der Waals surface area contributed by atoms with Crippen molar-refractivity contribution in [3.8, 4) is 0 Å². The van der Waals surface area contributed by atoms with Crippen LogP contribution in [0.3, 0.4) is 0 Å². The van der Waals surface area contributed by atoms with E-state index in [1.165, 1.54) is 21.1 Å². The van der Waals surface area contributed by atoms with Gasteiger partial charge in [-0.2, -0.15) is 0 Å². The lowest BCUT2D eigenvalue weighted by Crippen LogP contribution is -2.34. The molecule has 2 heterocycles. The van der Waals surface area contributed by atoms with Crippen molar-refractivity contribution in [2.45, 2.75) is 30.6 Å². The molecule has 2 aromatic rings. The van der Waals surface area contributed by atoms with Gasteiger partial charge in [0.1, 0.15) is 5.00 Å². The van der Waals surface area contributed by atoms with E-state index < -0.39 is 5.91 Å². The zero-order valence-electron chi connectivity index (χ0n) is 14.4. The third kappa shape index (κ3) is 3.33. The molecule has 0 spiro atoms. The van der Waals surface area contributed by atoms with Gasteiger partial charge in [0.05, 0.1) is 17.8 Å². The van der Waals surface area contributed by atoms with E-state index in [1.807, 2.05) is 23.9 Å². The number of carbonyl (C=O) groups excluding carboxylic acids is 2. The van der Waals surface area contributed by atoms with Gasteiger partial charge in [0.2, 0.25) is 5.91 Å². The van der Waals surface area contributed by atoms with Crippen LogP contribution in [0.2, 0.25) is 0 Å². The lowest BCUT2D eigenvalue weighted by molar-refractivity contribution is -0.115. The summed E-state index contributed by atoms with van der Waals surface area (Å²) in [5.41, 5.74) is 8.24. The molecule has 2 aliphatic rings. The van der Waals surface area contributed by atoms with Gasteiger partial charge in [0.25, 0.3) is 5.91 Å². The standard InChI is InChI=1S/C19H21N3O2S2/c20-18(24)17-12-5-3-8-14(12)26-19(17)21-16(23)11-22-9-4-10-25-15-7-2-1-6-13(15)22/h1-2,6-7H,3-5,8-11H2,(H2,20,24)(H,21,23).